The lowest BCUT2D eigenvalue weighted by molar-refractivity contribution is -0.384. The van der Waals surface area contributed by atoms with Gasteiger partial charge in [0.15, 0.2) is 0 Å². The van der Waals surface area contributed by atoms with Crippen LogP contribution in [0.2, 0.25) is 0 Å². The fourth-order valence-corrected chi connectivity index (χ4v) is 4.33. The van der Waals surface area contributed by atoms with E-state index in [1.807, 2.05) is 0 Å². The zero-order chi connectivity index (χ0) is 18.1. The minimum Gasteiger partial charge on any atom is -0.379 e. The van der Waals surface area contributed by atoms with E-state index in [1.54, 1.807) is 0 Å². The van der Waals surface area contributed by atoms with Gasteiger partial charge in [-0.2, -0.15) is 0 Å². The van der Waals surface area contributed by atoms with Gasteiger partial charge >= 0.3 is 0 Å². The summed E-state index contributed by atoms with van der Waals surface area (Å²) in [5, 5.41) is 19.4. The smallest absolute Gasteiger partial charge is 0.293 e. The molecule has 2 aliphatic rings. The molecule has 1 heterocycles. The molecule has 8 nitrogen and oxygen atoms in total. The van der Waals surface area contributed by atoms with Crippen molar-refractivity contribution < 1.29 is 18.1 Å². The number of hydrogen-bond donors (Lipinski definition) is 2. The first-order valence-electron chi connectivity index (χ1n) is 8.48. The number of nitrogens with zero attached hydrogens (tertiary/aromatic N) is 1. The Morgan fingerprint density at radius 3 is 2.60 bits per heavy atom. The predicted octanol–water partition coefficient (Wildman–Crippen LogP) is 2.39. The Morgan fingerprint density at radius 1 is 1.32 bits per heavy atom. The Kier molecular flexibility index (Phi) is 4.99. The molecule has 1 aromatic rings. The van der Waals surface area contributed by atoms with E-state index >= 15 is 0 Å². The van der Waals surface area contributed by atoms with Crippen molar-refractivity contribution in [3.05, 3.63) is 28.3 Å². The standard InChI is InChI=1S/C16H23N3O5S/c17-25(22,23)13-2-3-14(15(10-13)19(20)21)18-11-12-4-7-16(8-5-12)6-1-9-24-16/h2-3,10,12,18H,1,4-9,11H2,(H2,17,22,23). The van der Waals surface area contributed by atoms with Crippen LogP contribution in [0.1, 0.15) is 38.5 Å². The van der Waals surface area contributed by atoms with Gasteiger partial charge in [0.25, 0.3) is 5.69 Å². The van der Waals surface area contributed by atoms with Crippen molar-refractivity contribution in [1.82, 2.24) is 0 Å². The van der Waals surface area contributed by atoms with E-state index < -0.39 is 14.9 Å². The van der Waals surface area contributed by atoms with Crippen LogP contribution < -0.4 is 10.5 Å². The van der Waals surface area contributed by atoms with E-state index in [0.717, 1.165) is 51.2 Å². The summed E-state index contributed by atoms with van der Waals surface area (Å²) in [5.74, 6) is 0.423. The van der Waals surface area contributed by atoms with Gasteiger partial charge in [0.2, 0.25) is 10.0 Å². The third kappa shape index (κ3) is 4.10. The number of benzene rings is 1. The molecule has 1 saturated heterocycles. The quantitative estimate of drug-likeness (QED) is 0.606. The molecule has 0 atom stereocenters. The molecule has 1 aliphatic heterocycles. The van der Waals surface area contributed by atoms with Crippen LogP contribution in [0.15, 0.2) is 23.1 Å². The molecule has 1 aromatic carbocycles. The maximum absolute atomic E-state index is 11.4. The van der Waals surface area contributed by atoms with Gasteiger partial charge < -0.3 is 10.1 Å². The van der Waals surface area contributed by atoms with Crippen molar-refractivity contribution in [1.29, 1.82) is 0 Å². The monoisotopic (exact) mass is 369 g/mol. The molecule has 0 bridgehead atoms. The topological polar surface area (TPSA) is 125 Å². The lowest BCUT2D eigenvalue weighted by Crippen LogP contribution is -2.35. The number of nitro benzene ring substituents is 1. The van der Waals surface area contributed by atoms with Crippen LogP contribution >= 0.6 is 0 Å². The molecular weight excluding hydrogens is 346 g/mol. The van der Waals surface area contributed by atoms with Gasteiger partial charge in [-0.05, 0) is 56.6 Å². The van der Waals surface area contributed by atoms with Crippen molar-refractivity contribution in [3.8, 4) is 0 Å². The van der Waals surface area contributed by atoms with E-state index in [9.17, 15) is 18.5 Å². The lowest BCUT2D eigenvalue weighted by Gasteiger charge is -2.36. The first-order chi connectivity index (χ1) is 11.8. The van der Waals surface area contributed by atoms with Crippen molar-refractivity contribution >= 4 is 21.4 Å². The Labute approximate surface area is 146 Å². The summed E-state index contributed by atoms with van der Waals surface area (Å²) in [6, 6.07) is 3.69. The van der Waals surface area contributed by atoms with Gasteiger partial charge in [0, 0.05) is 19.2 Å². The SMILES string of the molecule is NS(=O)(=O)c1ccc(NCC2CCC3(CCCO3)CC2)c([N+](=O)[O-])c1. The largest absolute Gasteiger partial charge is 0.379 e. The van der Waals surface area contributed by atoms with Gasteiger partial charge in [0.1, 0.15) is 5.69 Å². The van der Waals surface area contributed by atoms with Crippen molar-refractivity contribution in [2.24, 2.45) is 11.1 Å². The Hall–Kier alpha value is -1.71. The van der Waals surface area contributed by atoms with Crippen LogP contribution in [-0.2, 0) is 14.8 Å². The highest BCUT2D eigenvalue weighted by Crippen LogP contribution is 2.41. The molecule has 25 heavy (non-hydrogen) atoms. The number of anilines is 1. The van der Waals surface area contributed by atoms with E-state index in [2.05, 4.69) is 5.32 Å². The molecule has 1 spiro atoms. The molecule has 0 aromatic heterocycles. The van der Waals surface area contributed by atoms with Crippen LogP contribution in [0.3, 0.4) is 0 Å². The second-order valence-electron chi connectivity index (χ2n) is 6.94. The van der Waals surface area contributed by atoms with Gasteiger partial charge in [0.05, 0.1) is 15.4 Å². The lowest BCUT2D eigenvalue weighted by atomic mass is 9.77. The number of primary sulfonamides is 1. The van der Waals surface area contributed by atoms with E-state index in [1.165, 1.54) is 12.1 Å². The highest BCUT2D eigenvalue weighted by molar-refractivity contribution is 7.89. The fourth-order valence-electron chi connectivity index (χ4n) is 3.80. The summed E-state index contributed by atoms with van der Waals surface area (Å²) in [7, 11) is -3.97. The van der Waals surface area contributed by atoms with Crippen LogP contribution in [0.4, 0.5) is 11.4 Å². The summed E-state index contributed by atoms with van der Waals surface area (Å²) in [6.07, 6.45) is 6.38. The summed E-state index contributed by atoms with van der Waals surface area (Å²) < 4.78 is 28.6. The second kappa shape index (κ2) is 6.89. The number of rotatable bonds is 5. The molecule has 9 heteroatoms. The maximum Gasteiger partial charge on any atom is 0.293 e. The first-order valence-corrected chi connectivity index (χ1v) is 10.0. The Morgan fingerprint density at radius 2 is 2.04 bits per heavy atom. The molecule has 3 rings (SSSR count). The second-order valence-corrected chi connectivity index (χ2v) is 8.50. The normalized spacial score (nSPS) is 26.7. The van der Waals surface area contributed by atoms with Gasteiger partial charge in [-0.25, -0.2) is 13.6 Å². The molecule has 2 fully saturated rings. The molecule has 0 radical (unpaired) electrons. The molecule has 0 unspecified atom stereocenters. The number of sulfonamides is 1. The van der Waals surface area contributed by atoms with Crippen molar-refractivity contribution in [2.75, 3.05) is 18.5 Å². The van der Waals surface area contributed by atoms with Gasteiger partial charge in [-0.15, -0.1) is 0 Å². The molecule has 138 valence electrons. The highest BCUT2D eigenvalue weighted by Gasteiger charge is 2.38. The summed E-state index contributed by atoms with van der Waals surface area (Å²) in [4.78, 5) is 10.4. The molecular formula is C16H23N3O5S. The average Bonchev–Trinajstić information content (AvgIpc) is 3.01. The van der Waals surface area contributed by atoms with E-state index in [4.69, 9.17) is 9.88 Å². The van der Waals surface area contributed by atoms with Gasteiger partial charge in [-0.1, -0.05) is 0 Å². The zero-order valence-electron chi connectivity index (χ0n) is 13.9. The number of nitrogens with two attached hydrogens (primary N) is 1. The molecule has 1 saturated carbocycles. The molecule has 3 N–H and O–H groups in total. The number of nitrogens with one attached hydrogen (secondary N) is 1. The average molecular weight is 369 g/mol. The van der Waals surface area contributed by atoms with Crippen LogP contribution in [0.5, 0.6) is 0 Å². The fraction of sp³-hybridized carbons (Fsp3) is 0.625. The number of hydrogen-bond acceptors (Lipinski definition) is 6. The van der Waals surface area contributed by atoms with E-state index in [-0.39, 0.29) is 16.2 Å². The summed E-state index contributed by atoms with van der Waals surface area (Å²) in [5.41, 5.74) is 0.104. The zero-order valence-corrected chi connectivity index (χ0v) is 14.8. The Bertz CT molecular complexity index is 749. The van der Waals surface area contributed by atoms with Crippen LogP contribution in [0.25, 0.3) is 0 Å². The Balaban J connectivity index is 1.64. The molecule has 0 amide bonds. The highest BCUT2D eigenvalue weighted by atomic mass is 32.2. The summed E-state index contributed by atoms with van der Waals surface area (Å²) >= 11 is 0. The number of ether oxygens (including phenoxy) is 1. The third-order valence-corrected chi connectivity index (χ3v) is 6.19. The summed E-state index contributed by atoms with van der Waals surface area (Å²) in [6.45, 7) is 1.47. The van der Waals surface area contributed by atoms with Crippen LogP contribution in [-0.4, -0.2) is 32.1 Å². The minimum absolute atomic E-state index is 0.0691. The third-order valence-electron chi connectivity index (χ3n) is 5.28. The number of nitro groups is 1. The molecule has 1 aliphatic carbocycles. The predicted molar refractivity (Wildman–Crippen MR) is 92.8 cm³/mol. The van der Waals surface area contributed by atoms with Crippen LogP contribution in [0, 0.1) is 16.0 Å². The van der Waals surface area contributed by atoms with E-state index in [0.29, 0.717) is 18.2 Å². The van der Waals surface area contributed by atoms with Crippen molar-refractivity contribution in [2.45, 2.75) is 49.0 Å². The van der Waals surface area contributed by atoms with Crippen molar-refractivity contribution in [3.63, 3.8) is 0 Å². The maximum atomic E-state index is 11.4. The minimum atomic E-state index is -3.97. The van der Waals surface area contributed by atoms with Gasteiger partial charge in [-0.3, -0.25) is 10.1 Å². The first kappa shape index (κ1) is 18.1.